The quantitative estimate of drug-likeness (QED) is 0.622. The van der Waals surface area contributed by atoms with Crippen molar-refractivity contribution in [3.05, 3.63) is 53.2 Å². The lowest BCUT2D eigenvalue weighted by molar-refractivity contribution is 0.455. The molecule has 25 heavy (non-hydrogen) atoms. The Balaban J connectivity index is 0.000000196. The summed E-state index contributed by atoms with van der Waals surface area (Å²) >= 11 is 0. The first-order chi connectivity index (χ1) is 11.8. The summed E-state index contributed by atoms with van der Waals surface area (Å²) in [5.41, 5.74) is 2.76. The van der Waals surface area contributed by atoms with Gasteiger partial charge in [-0.2, -0.15) is 0 Å². The Labute approximate surface area is 149 Å². The van der Waals surface area contributed by atoms with Gasteiger partial charge in [-0.25, -0.2) is 9.97 Å². The molecule has 0 radical (unpaired) electrons. The maximum absolute atomic E-state index is 5.69. The van der Waals surface area contributed by atoms with Gasteiger partial charge in [-0.05, 0) is 26.0 Å². The van der Waals surface area contributed by atoms with Gasteiger partial charge in [0.1, 0.15) is 17.2 Å². The Kier molecular flexibility index (Phi) is 6.12. The van der Waals surface area contributed by atoms with E-state index in [4.69, 9.17) is 8.83 Å². The predicted molar refractivity (Wildman–Crippen MR) is 98.6 cm³/mol. The number of rotatable bonds is 3. The summed E-state index contributed by atoms with van der Waals surface area (Å²) in [6.07, 6.45) is 1.74. The SMILES string of the molecule is Cc1nc(-c2ccccn2)oc1C(C)C.Cc1nc(C)c(C(C)C)o1. The maximum Gasteiger partial charge on any atom is 0.245 e. The Hall–Kier alpha value is -2.43. The number of aryl methyl sites for hydroxylation is 3. The average Bonchev–Trinajstić information content (AvgIpc) is 3.11. The minimum Gasteiger partial charge on any atom is -0.445 e. The molecule has 0 aromatic carbocycles. The van der Waals surface area contributed by atoms with Crippen LogP contribution < -0.4 is 0 Å². The van der Waals surface area contributed by atoms with Gasteiger partial charge in [-0.15, -0.1) is 0 Å². The van der Waals surface area contributed by atoms with E-state index in [0.717, 1.165) is 34.5 Å². The van der Waals surface area contributed by atoms with Gasteiger partial charge in [0.05, 0.1) is 11.4 Å². The molecule has 3 aromatic rings. The second-order valence-electron chi connectivity index (χ2n) is 6.68. The molecule has 134 valence electrons. The zero-order valence-electron chi connectivity index (χ0n) is 16.1. The fourth-order valence-corrected chi connectivity index (χ4v) is 2.63. The molecule has 3 rings (SSSR count). The molecule has 3 heterocycles. The molecule has 0 bridgehead atoms. The third kappa shape index (κ3) is 4.78. The fourth-order valence-electron chi connectivity index (χ4n) is 2.63. The van der Waals surface area contributed by atoms with Crippen LogP contribution in [0.4, 0.5) is 0 Å². The summed E-state index contributed by atoms with van der Waals surface area (Å²) in [6, 6.07) is 5.70. The van der Waals surface area contributed by atoms with Crippen LogP contribution in [-0.4, -0.2) is 15.0 Å². The monoisotopic (exact) mass is 341 g/mol. The lowest BCUT2D eigenvalue weighted by Gasteiger charge is -1.98. The molecule has 0 atom stereocenters. The van der Waals surface area contributed by atoms with Crippen LogP contribution in [0.3, 0.4) is 0 Å². The van der Waals surface area contributed by atoms with Crippen LogP contribution >= 0.6 is 0 Å². The van der Waals surface area contributed by atoms with Crippen LogP contribution in [0.5, 0.6) is 0 Å². The van der Waals surface area contributed by atoms with Gasteiger partial charge in [0.25, 0.3) is 0 Å². The highest BCUT2D eigenvalue weighted by atomic mass is 16.4. The van der Waals surface area contributed by atoms with Crippen molar-refractivity contribution in [1.29, 1.82) is 0 Å². The van der Waals surface area contributed by atoms with Gasteiger partial charge in [0.15, 0.2) is 5.89 Å². The van der Waals surface area contributed by atoms with Crippen molar-refractivity contribution in [3.8, 4) is 11.6 Å². The van der Waals surface area contributed by atoms with Gasteiger partial charge >= 0.3 is 0 Å². The van der Waals surface area contributed by atoms with E-state index in [1.54, 1.807) is 6.20 Å². The molecule has 3 aromatic heterocycles. The Morgan fingerprint density at radius 3 is 1.80 bits per heavy atom. The molecule has 0 N–H and O–H groups in total. The molecule has 0 amide bonds. The predicted octanol–water partition coefficient (Wildman–Crippen LogP) is 5.58. The smallest absolute Gasteiger partial charge is 0.245 e. The van der Waals surface area contributed by atoms with Crippen LogP contribution in [0.15, 0.2) is 33.2 Å². The molecule has 0 saturated carbocycles. The van der Waals surface area contributed by atoms with Crippen LogP contribution in [0.25, 0.3) is 11.6 Å². The fraction of sp³-hybridized carbons (Fsp3) is 0.450. The molecular weight excluding hydrogens is 314 g/mol. The third-order valence-electron chi connectivity index (χ3n) is 3.70. The first-order valence-electron chi connectivity index (χ1n) is 8.62. The van der Waals surface area contributed by atoms with E-state index >= 15 is 0 Å². The molecule has 5 heteroatoms. The van der Waals surface area contributed by atoms with Gasteiger partial charge in [-0.3, -0.25) is 4.98 Å². The summed E-state index contributed by atoms with van der Waals surface area (Å²) < 4.78 is 11.1. The summed E-state index contributed by atoms with van der Waals surface area (Å²) in [5, 5.41) is 0. The highest BCUT2D eigenvalue weighted by Gasteiger charge is 2.14. The minimum absolute atomic E-state index is 0.356. The number of nitrogens with zero attached hydrogens (tertiary/aromatic N) is 3. The second kappa shape index (κ2) is 8.10. The normalized spacial score (nSPS) is 10.9. The molecule has 0 aliphatic heterocycles. The second-order valence-corrected chi connectivity index (χ2v) is 6.68. The topological polar surface area (TPSA) is 65.0 Å². The van der Waals surface area contributed by atoms with Crippen molar-refractivity contribution in [2.24, 2.45) is 0 Å². The van der Waals surface area contributed by atoms with Gasteiger partial charge in [-0.1, -0.05) is 33.8 Å². The zero-order valence-corrected chi connectivity index (χ0v) is 16.1. The van der Waals surface area contributed by atoms with Crippen molar-refractivity contribution in [3.63, 3.8) is 0 Å². The van der Waals surface area contributed by atoms with Gasteiger partial charge in [0.2, 0.25) is 5.89 Å². The van der Waals surface area contributed by atoms with Crippen molar-refractivity contribution < 1.29 is 8.83 Å². The lowest BCUT2D eigenvalue weighted by atomic mass is 10.1. The Bertz CT molecular complexity index is 802. The molecule has 0 aliphatic carbocycles. The van der Waals surface area contributed by atoms with Crippen LogP contribution in [0, 0.1) is 20.8 Å². The molecule has 0 fully saturated rings. The summed E-state index contributed by atoms with van der Waals surface area (Å²) in [6.45, 7) is 14.2. The molecule has 0 unspecified atom stereocenters. The van der Waals surface area contributed by atoms with E-state index in [1.807, 2.05) is 39.0 Å². The number of hydrogen-bond acceptors (Lipinski definition) is 5. The summed E-state index contributed by atoms with van der Waals surface area (Å²) in [7, 11) is 0. The van der Waals surface area contributed by atoms with Crippen molar-refractivity contribution in [2.75, 3.05) is 0 Å². The molecule has 5 nitrogen and oxygen atoms in total. The van der Waals surface area contributed by atoms with Crippen molar-refractivity contribution in [1.82, 2.24) is 15.0 Å². The van der Waals surface area contributed by atoms with E-state index in [1.165, 1.54) is 0 Å². The standard InChI is InChI=1S/C12H14N2O.C8H13NO/c1-8(2)11-9(3)14-12(15-11)10-6-4-5-7-13-10;1-5(2)8-6(3)9-7(4)10-8/h4-8H,1-3H3;5H,1-4H3. The summed E-state index contributed by atoms with van der Waals surface area (Å²) in [4.78, 5) is 12.7. The van der Waals surface area contributed by atoms with Gasteiger partial charge < -0.3 is 8.83 Å². The van der Waals surface area contributed by atoms with Crippen LogP contribution in [-0.2, 0) is 0 Å². The highest BCUT2D eigenvalue weighted by Crippen LogP contribution is 2.25. The van der Waals surface area contributed by atoms with E-state index < -0.39 is 0 Å². The van der Waals surface area contributed by atoms with Crippen LogP contribution in [0.2, 0.25) is 0 Å². The van der Waals surface area contributed by atoms with E-state index in [2.05, 4.69) is 42.6 Å². The average molecular weight is 341 g/mol. The van der Waals surface area contributed by atoms with Crippen molar-refractivity contribution >= 4 is 0 Å². The minimum atomic E-state index is 0.356. The first kappa shape index (κ1) is 18.9. The van der Waals surface area contributed by atoms with Gasteiger partial charge in [0, 0.05) is 25.0 Å². The number of hydrogen-bond donors (Lipinski definition) is 0. The Morgan fingerprint density at radius 2 is 1.40 bits per heavy atom. The molecule has 0 aliphatic rings. The molecular formula is C20H27N3O2. The zero-order chi connectivity index (χ0) is 18.6. The van der Waals surface area contributed by atoms with Crippen molar-refractivity contribution in [2.45, 2.75) is 60.3 Å². The third-order valence-corrected chi connectivity index (χ3v) is 3.70. The maximum atomic E-state index is 5.69. The lowest BCUT2D eigenvalue weighted by Crippen LogP contribution is -1.86. The summed E-state index contributed by atoms with van der Waals surface area (Å²) in [5.74, 6) is 4.13. The Morgan fingerprint density at radius 1 is 0.800 bits per heavy atom. The largest absolute Gasteiger partial charge is 0.445 e. The number of pyridine rings is 1. The van der Waals surface area contributed by atoms with E-state index in [0.29, 0.717) is 17.7 Å². The number of oxazole rings is 2. The molecule has 0 spiro atoms. The number of aromatic nitrogens is 3. The van der Waals surface area contributed by atoms with E-state index in [9.17, 15) is 0 Å². The highest BCUT2D eigenvalue weighted by molar-refractivity contribution is 5.47. The molecule has 0 saturated heterocycles. The van der Waals surface area contributed by atoms with E-state index in [-0.39, 0.29) is 0 Å². The first-order valence-corrected chi connectivity index (χ1v) is 8.62. The van der Waals surface area contributed by atoms with Crippen LogP contribution in [0.1, 0.15) is 68.3 Å².